The van der Waals surface area contributed by atoms with E-state index in [1.54, 1.807) is 6.08 Å². The van der Waals surface area contributed by atoms with Gasteiger partial charge in [-0.3, -0.25) is 13.8 Å². The number of nitrogens with one attached hydrogen (secondary N) is 1. The minimum Gasteiger partial charge on any atom is -0.387 e. The lowest BCUT2D eigenvalue weighted by molar-refractivity contribution is -0.870. The summed E-state index contributed by atoms with van der Waals surface area (Å²) in [5, 5.41) is 13.8. The first-order valence-electron chi connectivity index (χ1n) is 22.6. The van der Waals surface area contributed by atoms with Gasteiger partial charge in [0.25, 0.3) is 0 Å². The highest BCUT2D eigenvalue weighted by atomic mass is 31.2. The van der Waals surface area contributed by atoms with E-state index < -0.39 is 20.0 Å². The van der Waals surface area contributed by atoms with Crippen LogP contribution < -0.4 is 5.32 Å². The van der Waals surface area contributed by atoms with Gasteiger partial charge in [0, 0.05) is 6.42 Å². The maximum atomic E-state index is 12.9. The van der Waals surface area contributed by atoms with Gasteiger partial charge in [-0.25, -0.2) is 4.57 Å². The maximum Gasteiger partial charge on any atom is 0.472 e. The third kappa shape index (κ3) is 41.6. The van der Waals surface area contributed by atoms with Gasteiger partial charge >= 0.3 is 7.82 Å². The predicted molar refractivity (Wildman–Crippen MR) is 249 cm³/mol. The second kappa shape index (κ2) is 39.9. The van der Waals surface area contributed by atoms with Gasteiger partial charge in [0.2, 0.25) is 5.91 Å². The molecule has 3 unspecified atom stereocenters. The van der Waals surface area contributed by atoms with Crippen LogP contribution in [0.25, 0.3) is 0 Å². The van der Waals surface area contributed by atoms with Crippen LogP contribution >= 0.6 is 7.82 Å². The van der Waals surface area contributed by atoms with Crippen LogP contribution in [0.15, 0.2) is 97.2 Å². The molecule has 332 valence electrons. The molecule has 1 amide bonds. The number of rotatable bonds is 39. The van der Waals surface area contributed by atoms with Crippen LogP contribution in [0, 0.1) is 0 Å². The number of nitrogens with zero attached hydrogens (tertiary/aromatic N) is 1. The second-order valence-electron chi connectivity index (χ2n) is 16.0. The maximum absolute atomic E-state index is 12.9. The molecule has 58 heavy (non-hydrogen) atoms. The molecule has 0 spiro atoms. The summed E-state index contributed by atoms with van der Waals surface area (Å²) in [5.74, 6) is -0.228. The van der Waals surface area contributed by atoms with Crippen molar-refractivity contribution in [2.24, 2.45) is 0 Å². The fraction of sp³-hybridized carbons (Fsp3) is 0.653. The highest BCUT2D eigenvalue weighted by Crippen LogP contribution is 2.43. The molecule has 0 saturated carbocycles. The van der Waals surface area contributed by atoms with Crippen molar-refractivity contribution in [2.45, 2.75) is 167 Å². The highest BCUT2D eigenvalue weighted by molar-refractivity contribution is 7.47. The molecule has 0 rings (SSSR count). The van der Waals surface area contributed by atoms with E-state index in [4.69, 9.17) is 9.05 Å². The summed E-state index contributed by atoms with van der Waals surface area (Å²) in [6.07, 6.45) is 56.2. The normalized spacial score (nSPS) is 15.2. The van der Waals surface area contributed by atoms with E-state index in [-0.39, 0.29) is 19.1 Å². The number of hydrogen-bond donors (Lipinski definition) is 3. The van der Waals surface area contributed by atoms with E-state index in [1.165, 1.54) is 51.4 Å². The van der Waals surface area contributed by atoms with E-state index >= 15 is 0 Å². The van der Waals surface area contributed by atoms with Crippen molar-refractivity contribution < 1.29 is 32.9 Å². The zero-order valence-corrected chi connectivity index (χ0v) is 38.4. The molecule has 8 nitrogen and oxygen atoms in total. The Kier molecular flexibility index (Phi) is 38.1. The number of unbranched alkanes of at least 4 members (excludes halogenated alkanes) is 12. The van der Waals surface area contributed by atoms with Crippen molar-refractivity contribution >= 4 is 13.7 Å². The summed E-state index contributed by atoms with van der Waals surface area (Å²) in [6.45, 7) is 4.61. The molecule has 0 aliphatic heterocycles. The largest absolute Gasteiger partial charge is 0.472 e. The number of phosphoric ester groups is 1. The van der Waals surface area contributed by atoms with Gasteiger partial charge in [-0.15, -0.1) is 0 Å². The van der Waals surface area contributed by atoms with Crippen molar-refractivity contribution in [3.05, 3.63) is 97.2 Å². The van der Waals surface area contributed by atoms with Gasteiger partial charge in [0.05, 0.1) is 39.9 Å². The SMILES string of the molecule is CC/C=C\C/C=C\C/C=C\C/C=C\C/C=C\CCCCCC(=O)NC(COP(=O)(O)OCC[N+](C)(C)C)C(O)/C=C/CC/C=C/CC/C=C/CCCCCCCCC. The molecule has 0 fully saturated rings. The third-order valence-electron chi connectivity index (χ3n) is 9.27. The van der Waals surface area contributed by atoms with E-state index in [0.29, 0.717) is 23.9 Å². The lowest BCUT2D eigenvalue weighted by atomic mass is 10.1. The van der Waals surface area contributed by atoms with Crippen LogP contribution in [0.5, 0.6) is 0 Å². The van der Waals surface area contributed by atoms with E-state index in [9.17, 15) is 19.4 Å². The number of phosphoric acid groups is 1. The molecule has 0 aromatic rings. The van der Waals surface area contributed by atoms with Gasteiger partial charge in [0.1, 0.15) is 13.2 Å². The number of amides is 1. The van der Waals surface area contributed by atoms with Crippen molar-refractivity contribution in [3.63, 3.8) is 0 Å². The van der Waals surface area contributed by atoms with Crippen LogP contribution in [0.1, 0.15) is 155 Å². The number of aliphatic hydroxyl groups is 1. The Labute approximate surface area is 356 Å². The summed E-state index contributed by atoms with van der Waals surface area (Å²) in [5.41, 5.74) is 0. The fourth-order valence-electron chi connectivity index (χ4n) is 5.68. The number of aliphatic hydroxyl groups excluding tert-OH is 1. The second-order valence-corrected chi connectivity index (χ2v) is 17.5. The minimum absolute atomic E-state index is 0.0411. The molecule has 0 aromatic carbocycles. The smallest absolute Gasteiger partial charge is 0.387 e. The summed E-state index contributed by atoms with van der Waals surface area (Å²) >= 11 is 0. The summed E-state index contributed by atoms with van der Waals surface area (Å²) in [7, 11) is 1.50. The molecular weight excluding hydrogens is 744 g/mol. The number of carbonyl (C=O) groups excluding carboxylic acids is 1. The van der Waals surface area contributed by atoms with E-state index in [1.807, 2.05) is 27.2 Å². The molecule has 0 radical (unpaired) electrons. The Morgan fingerprint density at radius 1 is 0.603 bits per heavy atom. The van der Waals surface area contributed by atoms with Crippen LogP contribution in [-0.4, -0.2) is 73.4 Å². The Bertz CT molecular complexity index is 1260. The van der Waals surface area contributed by atoms with Gasteiger partial charge in [0.15, 0.2) is 0 Å². The van der Waals surface area contributed by atoms with Crippen molar-refractivity contribution in [1.29, 1.82) is 0 Å². The number of hydrogen-bond acceptors (Lipinski definition) is 5. The number of quaternary nitrogens is 1. The van der Waals surface area contributed by atoms with Crippen LogP contribution in [0.3, 0.4) is 0 Å². The monoisotopic (exact) mass is 830 g/mol. The first kappa shape index (κ1) is 55.4. The number of carbonyl (C=O) groups is 1. The molecule has 0 aliphatic rings. The first-order chi connectivity index (χ1) is 28.0. The van der Waals surface area contributed by atoms with Crippen molar-refractivity contribution in [3.8, 4) is 0 Å². The Morgan fingerprint density at radius 3 is 1.59 bits per heavy atom. The third-order valence-corrected chi connectivity index (χ3v) is 10.2. The van der Waals surface area contributed by atoms with Crippen molar-refractivity contribution in [1.82, 2.24) is 5.32 Å². The number of likely N-dealkylation sites (N-methyl/N-ethyl adjacent to an activating group) is 1. The molecule has 3 N–H and O–H groups in total. The molecule has 0 heterocycles. The molecule has 0 bridgehead atoms. The fourth-order valence-corrected chi connectivity index (χ4v) is 6.42. The standard InChI is InChI=1S/C49H85N2O6P/c1-6-8-10-12-14-16-18-20-22-24-25-27-29-31-33-35-37-39-41-43-49(53)50-47(46-57-58(54,55)56-45-44-51(3,4)5)48(52)42-40-38-36-34-32-30-28-26-23-21-19-17-15-13-11-9-7-2/h8,10,14,16,20,22-23,25-27,31-34,40,42,47-48,52H,6-7,9,11-13,15,17-19,21,24,28-30,35-39,41,43-46H2,1-5H3,(H-,50,53,54,55)/p+1/b10-8-,16-14-,22-20-,26-23+,27-25-,33-31-,34-32+,42-40+. The van der Waals surface area contributed by atoms with Crippen molar-refractivity contribution in [2.75, 3.05) is 40.9 Å². The van der Waals surface area contributed by atoms with Gasteiger partial charge in [-0.2, -0.15) is 0 Å². The van der Waals surface area contributed by atoms with Gasteiger partial charge < -0.3 is 19.8 Å². The van der Waals surface area contributed by atoms with Crippen LogP contribution in [0.2, 0.25) is 0 Å². The van der Waals surface area contributed by atoms with E-state index in [2.05, 4.69) is 104 Å². The minimum atomic E-state index is -4.37. The molecular formula is C49H86N2O6P+. The topological polar surface area (TPSA) is 105 Å². The Balaban J connectivity index is 4.59. The molecule has 0 saturated heterocycles. The van der Waals surface area contributed by atoms with Gasteiger partial charge in [-0.1, -0.05) is 156 Å². The molecule has 0 aliphatic carbocycles. The highest BCUT2D eigenvalue weighted by Gasteiger charge is 2.27. The van der Waals surface area contributed by atoms with E-state index in [0.717, 1.165) is 77.0 Å². The summed E-state index contributed by atoms with van der Waals surface area (Å²) in [6, 6.07) is -0.893. The summed E-state index contributed by atoms with van der Waals surface area (Å²) < 4.78 is 23.5. The zero-order chi connectivity index (χ0) is 42.8. The van der Waals surface area contributed by atoms with Crippen LogP contribution in [-0.2, 0) is 18.4 Å². The predicted octanol–water partition coefficient (Wildman–Crippen LogP) is 12.7. The average Bonchev–Trinajstić information content (AvgIpc) is 3.17. The molecule has 9 heteroatoms. The average molecular weight is 830 g/mol. The Hall–Kier alpha value is -2.58. The summed E-state index contributed by atoms with van der Waals surface area (Å²) in [4.78, 5) is 23.1. The van der Waals surface area contributed by atoms with Crippen LogP contribution in [0.4, 0.5) is 0 Å². The molecule has 3 atom stereocenters. The Morgan fingerprint density at radius 2 is 1.05 bits per heavy atom. The zero-order valence-electron chi connectivity index (χ0n) is 37.5. The quantitative estimate of drug-likeness (QED) is 0.0247. The van der Waals surface area contributed by atoms with Gasteiger partial charge in [-0.05, 0) is 89.9 Å². The lowest BCUT2D eigenvalue weighted by Crippen LogP contribution is -2.45. The lowest BCUT2D eigenvalue weighted by Gasteiger charge is -2.25. The first-order valence-corrected chi connectivity index (χ1v) is 24.1. The molecule has 0 aromatic heterocycles. The number of allylic oxidation sites excluding steroid dienone is 15.